The van der Waals surface area contributed by atoms with Crippen molar-refractivity contribution in [3.8, 4) is 73.2 Å². The third-order valence-corrected chi connectivity index (χ3v) is 10.2. The standard InChI is InChI=1S/C51H34N4/c1-6-17-35(18-7-1)39-25-16-26-40(31-39)50-52-49(38-23-12-4-13-24-38)53-51(54-50)41-29-30-46-45(32-41)48-44(37-21-10-3-11-22-37)33-42(36-19-8-2-9-20-36)34-47(48)55(46)43-27-14-5-15-28-43/h1-34H. The Kier molecular flexibility index (Phi) is 8.12. The average Bonchev–Trinajstić information content (AvgIpc) is 3.61. The zero-order valence-corrected chi connectivity index (χ0v) is 29.9. The van der Waals surface area contributed by atoms with Gasteiger partial charge in [-0.3, -0.25) is 0 Å². The minimum atomic E-state index is 0.624. The number of rotatable bonds is 7. The van der Waals surface area contributed by atoms with Crippen LogP contribution in [0.5, 0.6) is 0 Å². The maximum atomic E-state index is 5.19. The summed E-state index contributed by atoms with van der Waals surface area (Å²) in [5.74, 6) is 1.89. The van der Waals surface area contributed by atoms with E-state index in [-0.39, 0.29) is 0 Å². The fourth-order valence-electron chi connectivity index (χ4n) is 7.60. The Balaban J connectivity index is 1.24. The predicted octanol–water partition coefficient (Wildman–Crippen LogP) is 13.0. The molecule has 0 atom stereocenters. The number of para-hydroxylation sites is 1. The van der Waals surface area contributed by atoms with Gasteiger partial charge in [0.05, 0.1) is 11.0 Å². The molecule has 0 aliphatic carbocycles. The van der Waals surface area contributed by atoms with Crippen molar-refractivity contribution in [1.29, 1.82) is 0 Å². The molecule has 0 spiro atoms. The van der Waals surface area contributed by atoms with Gasteiger partial charge in [-0.15, -0.1) is 0 Å². The second-order valence-electron chi connectivity index (χ2n) is 13.7. The van der Waals surface area contributed by atoms with Crippen LogP contribution < -0.4 is 0 Å². The molecule has 0 aliphatic rings. The molecule has 0 unspecified atom stereocenters. The summed E-state index contributed by atoms with van der Waals surface area (Å²) in [7, 11) is 0. The van der Waals surface area contributed by atoms with Crippen molar-refractivity contribution < 1.29 is 0 Å². The molecule has 0 N–H and O–H groups in total. The number of hydrogen-bond donors (Lipinski definition) is 0. The zero-order valence-electron chi connectivity index (χ0n) is 29.9. The minimum absolute atomic E-state index is 0.624. The number of nitrogens with zero attached hydrogens (tertiary/aromatic N) is 4. The van der Waals surface area contributed by atoms with Gasteiger partial charge < -0.3 is 4.57 Å². The molecule has 4 nitrogen and oxygen atoms in total. The molecule has 0 radical (unpaired) electrons. The smallest absolute Gasteiger partial charge is 0.164 e. The van der Waals surface area contributed by atoms with Crippen molar-refractivity contribution >= 4 is 21.8 Å². The van der Waals surface area contributed by atoms with E-state index in [1.165, 1.54) is 22.1 Å². The van der Waals surface area contributed by atoms with Gasteiger partial charge in [0, 0.05) is 33.2 Å². The minimum Gasteiger partial charge on any atom is -0.309 e. The normalized spacial score (nSPS) is 11.3. The van der Waals surface area contributed by atoms with Crippen LogP contribution in [0.2, 0.25) is 0 Å². The van der Waals surface area contributed by atoms with Gasteiger partial charge in [-0.05, 0) is 81.9 Å². The van der Waals surface area contributed by atoms with E-state index in [4.69, 9.17) is 15.0 Å². The summed E-state index contributed by atoms with van der Waals surface area (Å²) in [5.41, 5.74) is 13.1. The van der Waals surface area contributed by atoms with E-state index in [9.17, 15) is 0 Å². The molecular formula is C51H34N4. The molecule has 10 rings (SSSR count). The van der Waals surface area contributed by atoms with Gasteiger partial charge in [-0.25, -0.2) is 15.0 Å². The lowest BCUT2D eigenvalue weighted by atomic mass is 9.94. The summed E-state index contributed by atoms with van der Waals surface area (Å²) in [6, 6.07) is 72.3. The summed E-state index contributed by atoms with van der Waals surface area (Å²) in [5, 5.41) is 2.31. The zero-order chi connectivity index (χ0) is 36.6. The molecule has 0 amide bonds. The summed E-state index contributed by atoms with van der Waals surface area (Å²) >= 11 is 0. The van der Waals surface area contributed by atoms with Crippen LogP contribution in [0.3, 0.4) is 0 Å². The number of hydrogen-bond acceptors (Lipinski definition) is 3. The van der Waals surface area contributed by atoms with E-state index in [2.05, 4.69) is 187 Å². The van der Waals surface area contributed by atoms with Crippen LogP contribution >= 0.6 is 0 Å². The van der Waals surface area contributed by atoms with Crippen molar-refractivity contribution in [1.82, 2.24) is 19.5 Å². The van der Waals surface area contributed by atoms with Crippen LogP contribution in [-0.2, 0) is 0 Å². The molecular weight excluding hydrogens is 669 g/mol. The first-order valence-electron chi connectivity index (χ1n) is 18.5. The maximum absolute atomic E-state index is 5.19. The summed E-state index contributed by atoms with van der Waals surface area (Å²) in [6.07, 6.45) is 0. The van der Waals surface area contributed by atoms with Gasteiger partial charge in [0.2, 0.25) is 0 Å². The van der Waals surface area contributed by atoms with Gasteiger partial charge in [0.25, 0.3) is 0 Å². The molecule has 0 aliphatic heterocycles. The molecule has 0 fully saturated rings. The second kappa shape index (κ2) is 13.8. The summed E-state index contributed by atoms with van der Waals surface area (Å²) in [6.45, 7) is 0. The fourth-order valence-corrected chi connectivity index (χ4v) is 7.60. The maximum Gasteiger partial charge on any atom is 0.164 e. The highest BCUT2D eigenvalue weighted by atomic mass is 15.0. The van der Waals surface area contributed by atoms with Crippen molar-refractivity contribution in [3.63, 3.8) is 0 Å². The average molecular weight is 703 g/mol. The highest BCUT2D eigenvalue weighted by Crippen LogP contribution is 2.42. The predicted molar refractivity (Wildman–Crippen MR) is 227 cm³/mol. The van der Waals surface area contributed by atoms with Gasteiger partial charge in [0.15, 0.2) is 17.5 Å². The molecule has 0 saturated heterocycles. The first-order valence-corrected chi connectivity index (χ1v) is 18.5. The van der Waals surface area contributed by atoms with Crippen LogP contribution in [0.25, 0.3) is 95.0 Å². The van der Waals surface area contributed by atoms with Gasteiger partial charge in [0.1, 0.15) is 0 Å². The van der Waals surface area contributed by atoms with Gasteiger partial charge in [-0.2, -0.15) is 0 Å². The Morgan fingerprint density at radius 3 is 1.38 bits per heavy atom. The van der Waals surface area contributed by atoms with E-state index in [1.54, 1.807) is 0 Å². The Hall–Kier alpha value is -7.43. The SMILES string of the molecule is c1ccc(-c2cccc(-c3nc(-c4ccccc4)nc(-c4ccc5c(c4)c4c(-c6ccccc6)cc(-c6ccccc6)cc4n5-c4ccccc4)n3)c2)cc1. The molecule has 55 heavy (non-hydrogen) atoms. The quantitative estimate of drug-likeness (QED) is 0.166. The Bertz CT molecular complexity index is 2940. The van der Waals surface area contributed by atoms with Gasteiger partial charge >= 0.3 is 0 Å². The molecule has 4 heteroatoms. The van der Waals surface area contributed by atoms with E-state index < -0.39 is 0 Å². The first-order chi connectivity index (χ1) is 27.3. The Morgan fingerprint density at radius 1 is 0.291 bits per heavy atom. The monoisotopic (exact) mass is 702 g/mol. The van der Waals surface area contributed by atoms with E-state index in [0.717, 1.165) is 55.5 Å². The number of benzene rings is 8. The van der Waals surface area contributed by atoms with Crippen molar-refractivity contribution in [2.45, 2.75) is 0 Å². The topological polar surface area (TPSA) is 43.6 Å². The second-order valence-corrected chi connectivity index (χ2v) is 13.7. The lowest BCUT2D eigenvalue weighted by Crippen LogP contribution is -2.00. The van der Waals surface area contributed by atoms with Crippen LogP contribution in [0, 0.1) is 0 Å². The molecule has 2 aromatic heterocycles. The molecule has 0 bridgehead atoms. The van der Waals surface area contributed by atoms with Crippen LogP contribution in [0.4, 0.5) is 0 Å². The summed E-state index contributed by atoms with van der Waals surface area (Å²) in [4.78, 5) is 15.4. The Labute approximate surface area is 319 Å². The van der Waals surface area contributed by atoms with Crippen molar-refractivity contribution in [2.75, 3.05) is 0 Å². The van der Waals surface area contributed by atoms with E-state index in [1.807, 2.05) is 24.3 Å². The lowest BCUT2D eigenvalue weighted by molar-refractivity contribution is 1.07. The van der Waals surface area contributed by atoms with Crippen LogP contribution in [-0.4, -0.2) is 19.5 Å². The summed E-state index contributed by atoms with van der Waals surface area (Å²) < 4.78 is 2.39. The van der Waals surface area contributed by atoms with E-state index >= 15 is 0 Å². The highest BCUT2D eigenvalue weighted by molar-refractivity contribution is 6.17. The first kappa shape index (κ1) is 32.2. The Morgan fingerprint density at radius 2 is 0.764 bits per heavy atom. The van der Waals surface area contributed by atoms with Crippen molar-refractivity contribution in [2.24, 2.45) is 0 Å². The largest absolute Gasteiger partial charge is 0.309 e. The van der Waals surface area contributed by atoms with Crippen molar-refractivity contribution in [3.05, 3.63) is 206 Å². The third-order valence-electron chi connectivity index (χ3n) is 10.2. The molecule has 10 aromatic rings. The molecule has 0 saturated carbocycles. The van der Waals surface area contributed by atoms with Gasteiger partial charge in [-0.1, -0.05) is 158 Å². The molecule has 2 heterocycles. The fraction of sp³-hybridized carbons (Fsp3) is 0. The third kappa shape index (κ3) is 6.06. The van der Waals surface area contributed by atoms with Crippen LogP contribution in [0.15, 0.2) is 206 Å². The number of fused-ring (bicyclic) bond motifs is 3. The van der Waals surface area contributed by atoms with Crippen LogP contribution in [0.1, 0.15) is 0 Å². The number of aromatic nitrogens is 4. The lowest BCUT2D eigenvalue weighted by Gasteiger charge is -2.12. The highest BCUT2D eigenvalue weighted by Gasteiger charge is 2.20. The molecule has 258 valence electrons. The molecule has 8 aromatic carbocycles. The van der Waals surface area contributed by atoms with E-state index in [0.29, 0.717) is 17.5 Å².